The third-order valence-corrected chi connectivity index (χ3v) is 4.03. The zero-order valence-corrected chi connectivity index (χ0v) is 14.7. The lowest BCUT2D eigenvalue weighted by Gasteiger charge is -2.12. The number of nitrogens with one attached hydrogen (secondary N) is 2. The normalized spacial score (nSPS) is 11.2. The minimum absolute atomic E-state index is 0.0224. The average molecular weight is 351 g/mol. The number of aryl methyl sites for hydroxylation is 2. The van der Waals surface area contributed by atoms with E-state index in [1.54, 1.807) is 6.21 Å². The largest absolute Gasteiger partial charge is 0.483 e. The van der Waals surface area contributed by atoms with Crippen LogP contribution in [0.2, 0.25) is 0 Å². The fourth-order valence-corrected chi connectivity index (χ4v) is 2.85. The number of aromatic nitrogens is 1. The zero-order chi connectivity index (χ0) is 18.5. The van der Waals surface area contributed by atoms with Gasteiger partial charge in [0.1, 0.15) is 5.75 Å². The molecule has 0 fully saturated rings. The lowest BCUT2D eigenvalue weighted by molar-refractivity contribution is -0.123. The van der Waals surface area contributed by atoms with Crippen LogP contribution in [-0.4, -0.2) is 28.8 Å². The number of aliphatic hydroxyl groups excluding tert-OH is 1. The molecule has 0 atom stereocenters. The standard InChI is InChI=1S/C20H21N3O3/c1-13-7-16(11-24)8-14(2)20(13)26-12-19(25)23-22-10-15-3-4-17-5-6-21-18(17)9-15/h3-10,21,24H,11-12H2,1-2H3,(H,23,25). The molecule has 6 heteroatoms. The molecule has 0 saturated carbocycles. The van der Waals surface area contributed by atoms with E-state index in [-0.39, 0.29) is 19.1 Å². The number of carbonyl (C=O) groups is 1. The molecule has 0 aliphatic heterocycles. The predicted octanol–water partition coefficient (Wildman–Crippen LogP) is 2.81. The smallest absolute Gasteiger partial charge is 0.277 e. The van der Waals surface area contributed by atoms with Crippen molar-refractivity contribution in [1.82, 2.24) is 10.4 Å². The Hall–Kier alpha value is -3.12. The second-order valence-electron chi connectivity index (χ2n) is 6.12. The molecule has 3 aromatic rings. The van der Waals surface area contributed by atoms with E-state index < -0.39 is 0 Å². The van der Waals surface area contributed by atoms with Crippen molar-refractivity contribution in [2.24, 2.45) is 5.10 Å². The second-order valence-corrected chi connectivity index (χ2v) is 6.12. The highest BCUT2D eigenvalue weighted by atomic mass is 16.5. The van der Waals surface area contributed by atoms with Crippen molar-refractivity contribution in [2.75, 3.05) is 6.61 Å². The summed E-state index contributed by atoms with van der Waals surface area (Å²) in [7, 11) is 0. The van der Waals surface area contributed by atoms with Crippen molar-refractivity contribution in [1.29, 1.82) is 0 Å². The van der Waals surface area contributed by atoms with Gasteiger partial charge in [-0.25, -0.2) is 5.43 Å². The third kappa shape index (κ3) is 4.10. The predicted molar refractivity (Wildman–Crippen MR) is 101 cm³/mol. The first-order chi connectivity index (χ1) is 12.6. The van der Waals surface area contributed by atoms with Gasteiger partial charge in [0.05, 0.1) is 12.8 Å². The van der Waals surface area contributed by atoms with E-state index in [1.807, 2.05) is 56.4 Å². The van der Waals surface area contributed by atoms with Crippen LogP contribution in [0.3, 0.4) is 0 Å². The van der Waals surface area contributed by atoms with Crippen molar-refractivity contribution >= 4 is 23.0 Å². The van der Waals surface area contributed by atoms with Crippen molar-refractivity contribution in [2.45, 2.75) is 20.5 Å². The van der Waals surface area contributed by atoms with Gasteiger partial charge < -0.3 is 14.8 Å². The maximum Gasteiger partial charge on any atom is 0.277 e. The minimum atomic E-state index is -0.341. The number of nitrogens with zero attached hydrogens (tertiary/aromatic N) is 1. The lowest BCUT2D eigenvalue weighted by Crippen LogP contribution is -2.25. The molecule has 0 spiro atoms. The first-order valence-electron chi connectivity index (χ1n) is 8.29. The highest BCUT2D eigenvalue weighted by molar-refractivity contribution is 5.89. The Morgan fingerprint density at radius 1 is 1.23 bits per heavy atom. The summed E-state index contributed by atoms with van der Waals surface area (Å²) >= 11 is 0. The van der Waals surface area contributed by atoms with Gasteiger partial charge in [0.25, 0.3) is 5.91 Å². The summed E-state index contributed by atoms with van der Waals surface area (Å²) in [4.78, 5) is 15.1. The van der Waals surface area contributed by atoms with Crippen LogP contribution >= 0.6 is 0 Å². The molecule has 1 heterocycles. The zero-order valence-electron chi connectivity index (χ0n) is 14.7. The van der Waals surface area contributed by atoms with Crippen molar-refractivity contribution in [3.63, 3.8) is 0 Å². The number of hydrazone groups is 1. The van der Waals surface area contributed by atoms with Gasteiger partial charge in [-0.05, 0) is 53.6 Å². The van der Waals surface area contributed by atoms with Crippen molar-refractivity contribution in [3.8, 4) is 5.75 Å². The Labute approximate surface area is 151 Å². The summed E-state index contributed by atoms with van der Waals surface area (Å²) in [5.74, 6) is 0.311. The van der Waals surface area contributed by atoms with Gasteiger partial charge in [-0.15, -0.1) is 0 Å². The molecule has 2 aromatic carbocycles. The topological polar surface area (TPSA) is 86.7 Å². The van der Waals surface area contributed by atoms with Crippen LogP contribution < -0.4 is 10.2 Å². The maximum atomic E-state index is 11.9. The Kier molecular flexibility index (Phi) is 5.34. The quantitative estimate of drug-likeness (QED) is 0.471. The molecule has 134 valence electrons. The number of aromatic amines is 1. The van der Waals surface area contributed by atoms with Crippen LogP contribution in [0.1, 0.15) is 22.3 Å². The molecule has 0 radical (unpaired) electrons. The van der Waals surface area contributed by atoms with Crippen LogP contribution in [0.25, 0.3) is 10.9 Å². The van der Waals surface area contributed by atoms with Gasteiger partial charge in [0, 0.05) is 11.7 Å². The molecule has 0 aliphatic rings. The highest BCUT2D eigenvalue weighted by Gasteiger charge is 2.08. The van der Waals surface area contributed by atoms with E-state index in [9.17, 15) is 9.90 Å². The number of ether oxygens (including phenoxy) is 1. The third-order valence-electron chi connectivity index (χ3n) is 4.03. The van der Waals surface area contributed by atoms with Gasteiger partial charge in [-0.1, -0.05) is 24.3 Å². The summed E-state index contributed by atoms with van der Waals surface area (Å²) < 4.78 is 5.61. The Morgan fingerprint density at radius 3 is 2.73 bits per heavy atom. The molecular formula is C20H21N3O3. The SMILES string of the molecule is Cc1cc(CO)cc(C)c1OCC(=O)NN=Cc1ccc2cc[nH]c2c1. The number of rotatable bonds is 6. The van der Waals surface area contributed by atoms with Crippen LogP contribution in [0.15, 0.2) is 47.7 Å². The van der Waals surface area contributed by atoms with Crippen LogP contribution in [0.4, 0.5) is 0 Å². The maximum absolute atomic E-state index is 11.9. The number of aliphatic hydroxyl groups is 1. The fourth-order valence-electron chi connectivity index (χ4n) is 2.85. The molecule has 0 saturated heterocycles. The van der Waals surface area contributed by atoms with E-state index in [0.717, 1.165) is 33.2 Å². The number of amides is 1. The summed E-state index contributed by atoms with van der Waals surface area (Å²) in [6.45, 7) is 3.61. The molecular weight excluding hydrogens is 330 g/mol. The number of H-pyrrole nitrogens is 1. The molecule has 26 heavy (non-hydrogen) atoms. The van der Waals surface area contributed by atoms with Gasteiger partial charge in [0.15, 0.2) is 6.61 Å². The van der Waals surface area contributed by atoms with Gasteiger partial charge in [0.2, 0.25) is 0 Å². The molecule has 0 bridgehead atoms. The Bertz CT molecular complexity index is 937. The van der Waals surface area contributed by atoms with Gasteiger partial charge in [-0.3, -0.25) is 4.79 Å². The summed E-state index contributed by atoms with van der Waals surface area (Å²) in [6.07, 6.45) is 3.46. The Balaban J connectivity index is 1.56. The van der Waals surface area contributed by atoms with E-state index in [1.165, 1.54) is 0 Å². The second kappa shape index (κ2) is 7.84. The Morgan fingerprint density at radius 2 is 2.00 bits per heavy atom. The molecule has 0 unspecified atom stereocenters. The van der Waals surface area contributed by atoms with Crippen molar-refractivity contribution in [3.05, 3.63) is 64.8 Å². The molecule has 3 rings (SSSR count). The molecule has 1 aromatic heterocycles. The molecule has 6 nitrogen and oxygen atoms in total. The first-order valence-corrected chi connectivity index (χ1v) is 8.29. The number of benzene rings is 2. The number of hydrogen-bond acceptors (Lipinski definition) is 4. The number of hydrogen-bond donors (Lipinski definition) is 3. The molecule has 1 amide bonds. The van der Waals surface area contributed by atoms with Gasteiger partial charge >= 0.3 is 0 Å². The number of fused-ring (bicyclic) bond motifs is 1. The van der Waals surface area contributed by atoms with Gasteiger partial charge in [-0.2, -0.15) is 5.10 Å². The van der Waals surface area contributed by atoms with E-state index >= 15 is 0 Å². The van der Waals surface area contributed by atoms with E-state index in [4.69, 9.17) is 4.74 Å². The van der Waals surface area contributed by atoms with E-state index in [0.29, 0.717) is 5.75 Å². The highest BCUT2D eigenvalue weighted by Crippen LogP contribution is 2.24. The lowest BCUT2D eigenvalue weighted by atomic mass is 10.1. The minimum Gasteiger partial charge on any atom is -0.483 e. The average Bonchev–Trinajstić information content (AvgIpc) is 3.08. The molecule has 3 N–H and O–H groups in total. The van der Waals surface area contributed by atoms with E-state index in [2.05, 4.69) is 15.5 Å². The summed E-state index contributed by atoms with van der Waals surface area (Å²) in [5.41, 5.74) is 6.94. The summed E-state index contributed by atoms with van der Waals surface area (Å²) in [5, 5.41) is 14.3. The van der Waals surface area contributed by atoms with Crippen LogP contribution in [0, 0.1) is 13.8 Å². The van der Waals surface area contributed by atoms with Crippen molar-refractivity contribution < 1.29 is 14.6 Å². The fraction of sp³-hybridized carbons (Fsp3) is 0.200. The molecule has 0 aliphatic carbocycles. The van der Waals surface area contributed by atoms with Crippen LogP contribution in [0.5, 0.6) is 5.75 Å². The first kappa shape index (κ1) is 17.7. The van der Waals surface area contributed by atoms with Crippen LogP contribution in [-0.2, 0) is 11.4 Å². The monoisotopic (exact) mass is 351 g/mol. The summed E-state index contributed by atoms with van der Waals surface area (Å²) in [6, 6.07) is 11.5. The number of carbonyl (C=O) groups excluding carboxylic acids is 1.